The van der Waals surface area contributed by atoms with Crippen LogP contribution < -0.4 is 5.32 Å². The number of aromatic nitrogens is 3. The van der Waals surface area contributed by atoms with Gasteiger partial charge in [0, 0.05) is 36.4 Å². The molecule has 4 rings (SSSR count). The van der Waals surface area contributed by atoms with E-state index in [1.54, 1.807) is 4.90 Å². The molecule has 0 bridgehead atoms. The lowest BCUT2D eigenvalue weighted by atomic mass is 10.1. The molecule has 1 aliphatic rings. The van der Waals surface area contributed by atoms with Gasteiger partial charge in [0.2, 0.25) is 5.91 Å². The van der Waals surface area contributed by atoms with Crippen molar-refractivity contribution in [1.82, 2.24) is 25.0 Å². The van der Waals surface area contributed by atoms with Crippen LogP contribution in [0.15, 0.2) is 24.3 Å². The van der Waals surface area contributed by atoms with E-state index in [9.17, 15) is 9.59 Å². The van der Waals surface area contributed by atoms with Crippen LogP contribution >= 0.6 is 11.3 Å². The molecule has 0 aliphatic carbocycles. The fourth-order valence-electron chi connectivity index (χ4n) is 3.49. The van der Waals surface area contributed by atoms with Crippen molar-refractivity contribution in [3.8, 4) is 0 Å². The maximum atomic E-state index is 12.9. The molecule has 2 aromatic heterocycles. The number of carbonyl (C=O) groups excluding carboxylic acids is 2. The molecule has 29 heavy (non-hydrogen) atoms. The number of carbonyl (C=O) groups is 2. The molecule has 1 saturated heterocycles. The normalized spacial score (nSPS) is 16.2. The molecule has 1 atom stereocenters. The Morgan fingerprint density at radius 1 is 1.17 bits per heavy atom. The molecule has 9 heteroatoms. The fourth-order valence-corrected chi connectivity index (χ4v) is 4.31. The first-order chi connectivity index (χ1) is 13.9. The number of aromatic amines is 1. The quantitative estimate of drug-likeness (QED) is 0.686. The number of rotatable bonds is 4. The van der Waals surface area contributed by atoms with E-state index >= 15 is 0 Å². The number of piperazine rings is 1. The van der Waals surface area contributed by atoms with E-state index in [0.29, 0.717) is 37.0 Å². The van der Waals surface area contributed by atoms with Gasteiger partial charge in [-0.15, -0.1) is 11.3 Å². The van der Waals surface area contributed by atoms with Gasteiger partial charge in [0.05, 0.1) is 17.3 Å². The van der Waals surface area contributed by atoms with Gasteiger partial charge in [-0.1, -0.05) is 18.2 Å². The van der Waals surface area contributed by atoms with Gasteiger partial charge in [-0.2, -0.15) is 5.10 Å². The summed E-state index contributed by atoms with van der Waals surface area (Å²) in [5.41, 5.74) is 2.25. The highest BCUT2D eigenvalue weighted by molar-refractivity contribution is 7.15. The van der Waals surface area contributed by atoms with Crippen molar-refractivity contribution in [3.63, 3.8) is 0 Å². The maximum absolute atomic E-state index is 12.9. The summed E-state index contributed by atoms with van der Waals surface area (Å²) >= 11 is 1.49. The average Bonchev–Trinajstić information content (AvgIpc) is 3.29. The van der Waals surface area contributed by atoms with Gasteiger partial charge in [0.1, 0.15) is 0 Å². The van der Waals surface area contributed by atoms with Gasteiger partial charge < -0.3 is 10.2 Å². The van der Waals surface area contributed by atoms with Gasteiger partial charge in [0.25, 0.3) is 5.91 Å². The Kier molecular flexibility index (Phi) is 5.33. The summed E-state index contributed by atoms with van der Waals surface area (Å²) in [4.78, 5) is 34.9. The van der Waals surface area contributed by atoms with E-state index in [0.717, 1.165) is 21.5 Å². The predicted molar refractivity (Wildman–Crippen MR) is 113 cm³/mol. The summed E-state index contributed by atoms with van der Waals surface area (Å²) in [5, 5.41) is 11.5. The number of thiazole rings is 1. The van der Waals surface area contributed by atoms with Crippen LogP contribution in [-0.4, -0.2) is 69.0 Å². The van der Waals surface area contributed by atoms with Crippen molar-refractivity contribution in [3.05, 3.63) is 40.5 Å². The third kappa shape index (κ3) is 3.88. The van der Waals surface area contributed by atoms with Crippen LogP contribution in [0, 0.1) is 13.8 Å². The zero-order valence-electron chi connectivity index (χ0n) is 16.7. The number of benzene rings is 1. The summed E-state index contributed by atoms with van der Waals surface area (Å²) in [6, 6.07) is 7.33. The van der Waals surface area contributed by atoms with E-state index in [2.05, 4.69) is 25.4 Å². The lowest BCUT2D eigenvalue weighted by molar-refractivity contribution is -0.121. The zero-order chi connectivity index (χ0) is 20.5. The van der Waals surface area contributed by atoms with E-state index in [-0.39, 0.29) is 17.9 Å². The summed E-state index contributed by atoms with van der Waals surface area (Å²) < 4.78 is 0. The van der Waals surface area contributed by atoms with E-state index in [4.69, 9.17) is 0 Å². The van der Waals surface area contributed by atoms with Crippen molar-refractivity contribution in [2.45, 2.75) is 26.8 Å². The van der Waals surface area contributed by atoms with Gasteiger partial charge >= 0.3 is 0 Å². The first-order valence-electron chi connectivity index (χ1n) is 9.65. The Bertz CT molecular complexity index is 1030. The lowest BCUT2D eigenvalue weighted by Gasteiger charge is -2.37. The molecule has 2 N–H and O–H groups in total. The third-order valence-electron chi connectivity index (χ3n) is 5.46. The fraction of sp³-hybridized carbons (Fsp3) is 0.400. The highest BCUT2D eigenvalue weighted by Gasteiger charge is 2.29. The van der Waals surface area contributed by atoms with Crippen LogP contribution in [0.25, 0.3) is 10.9 Å². The third-order valence-corrected chi connectivity index (χ3v) is 6.45. The highest BCUT2D eigenvalue weighted by atomic mass is 32.1. The number of amides is 2. The molecule has 1 aliphatic heterocycles. The second kappa shape index (κ2) is 7.92. The number of hydrogen-bond donors (Lipinski definition) is 2. The first kappa shape index (κ1) is 19.5. The largest absolute Gasteiger partial charge is 0.335 e. The van der Waals surface area contributed by atoms with Crippen LogP contribution in [0.4, 0.5) is 5.13 Å². The molecule has 3 aromatic rings. The van der Waals surface area contributed by atoms with Gasteiger partial charge in [-0.3, -0.25) is 19.6 Å². The average molecular weight is 413 g/mol. The molecule has 1 aromatic carbocycles. The zero-order valence-corrected chi connectivity index (χ0v) is 17.5. The minimum Gasteiger partial charge on any atom is -0.335 e. The van der Waals surface area contributed by atoms with Crippen molar-refractivity contribution >= 4 is 39.2 Å². The molecule has 0 saturated carbocycles. The van der Waals surface area contributed by atoms with Crippen molar-refractivity contribution in [1.29, 1.82) is 0 Å². The van der Waals surface area contributed by atoms with Crippen molar-refractivity contribution in [2.24, 2.45) is 0 Å². The Labute approximate surface area is 172 Å². The van der Waals surface area contributed by atoms with Gasteiger partial charge in [-0.05, 0) is 26.8 Å². The number of anilines is 1. The number of aryl methyl sites for hydroxylation is 2. The van der Waals surface area contributed by atoms with Crippen LogP contribution in [0.5, 0.6) is 0 Å². The molecule has 3 heterocycles. The monoisotopic (exact) mass is 412 g/mol. The van der Waals surface area contributed by atoms with Crippen LogP contribution in [0.2, 0.25) is 0 Å². The topological polar surface area (TPSA) is 94.2 Å². The molecule has 152 valence electrons. The summed E-state index contributed by atoms with van der Waals surface area (Å²) in [6.07, 6.45) is 0. The molecule has 2 amide bonds. The molecule has 8 nitrogen and oxygen atoms in total. The van der Waals surface area contributed by atoms with Crippen molar-refractivity contribution in [2.75, 3.05) is 31.5 Å². The number of hydrogen-bond acceptors (Lipinski definition) is 6. The molecule has 1 fully saturated rings. The minimum atomic E-state index is -0.289. The van der Waals surface area contributed by atoms with Crippen LogP contribution in [-0.2, 0) is 4.79 Å². The van der Waals surface area contributed by atoms with E-state index in [1.807, 2.05) is 45.0 Å². The Hall–Kier alpha value is -2.78. The van der Waals surface area contributed by atoms with E-state index < -0.39 is 0 Å². The number of fused-ring (bicyclic) bond motifs is 1. The Morgan fingerprint density at radius 2 is 1.90 bits per heavy atom. The van der Waals surface area contributed by atoms with Crippen LogP contribution in [0.1, 0.15) is 28.0 Å². The smallest absolute Gasteiger partial charge is 0.275 e. The number of nitrogens with zero attached hydrogens (tertiary/aromatic N) is 4. The summed E-state index contributed by atoms with van der Waals surface area (Å²) in [7, 11) is 0. The minimum absolute atomic E-state index is 0.0724. The summed E-state index contributed by atoms with van der Waals surface area (Å²) in [5.74, 6) is -0.148. The lowest BCUT2D eigenvalue weighted by Crippen LogP contribution is -2.54. The summed E-state index contributed by atoms with van der Waals surface area (Å²) in [6.45, 7) is 8.22. The van der Waals surface area contributed by atoms with Gasteiger partial charge in [0.15, 0.2) is 10.8 Å². The molecular formula is C20H24N6O2S. The number of para-hydroxylation sites is 1. The van der Waals surface area contributed by atoms with Crippen molar-refractivity contribution < 1.29 is 9.59 Å². The second-order valence-electron chi connectivity index (χ2n) is 7.27. The molecule has 1 unspecified atom stereocenters. The van der Waals surface area contributed by atoms with Crippen LogP contribution in [0.3, 0.4) is 0 Å². The number of nitrogens with one attached hydrogen (secondary N) is 2. The number of H-pyrrole nitrogens is 1. The van der Waals surface area contributed by atoms with E-state index in [1.165, 1.54) is 11.3 Å². The molecular weight excluding hydrogens is 388 g/mol. The standard InChI is InChI=1S/C20H24N6O2S/c1-12-14(3)29-20(21-12)22-18(27)13(2)25-8-10-26(11-9-25)19(28)17-15-6-4-5-7-16(15)23-24-17/h4-7,13H,8-11H2,1-3H3,(H,23,24)(H,21,22,27). The SMILES string of the molecule is Cc1nc(NC(=O)C(C)N2CCN(C(=O)c3n[nH]c4ccccc34)CC2)sc1C. The molecule has 0 spiro atoms. The Balaban J connectivity index is 1.36. The van der Waals surface area contributed by atoms with Gasteiger partial charge in [-0.25, -0.2) is 4.98 Å². The molecule has 0 radical (unpaired) electrons. The first-order valence-corrected chi connectivity index (χ1v) is 10.5. The Morgan fingerprint density at radius 3 is 2.59 bits per heavy atom. The predicted octanol–water partition coefficient (Wildman–Crippen LogP) is 2.42. The highest BCUT2D eigenvalue weighted by Crippen LogP contribution is 2.22. The maximum Gasteiger partial charge on any atom is 0.275 e. The second-order valence-corrected chi connectivity index (χ2v) is 8.48.